The minimum atomic E-state index is 0.109. The fourth-order valence-electron chi connectivity index (χ4n) is 3.50. The maximum absolute atomic E-state index is 12.3. The molecule has 0 aliphatic heterocycles. The van der Waals surface area contributed by atoms with Gasteiger partial charge in [0.25, 0.3) is 5.91 Å². The average Bonchev–Trinajstić information content (AvgIpc) is 3.01. The fraction of sp³-hybridized carbons (Fsp3) is 0.533. The molecule has 2 aliphatic carbocycles. The Balaban J connectivity index is 1.71. The number of carbonyl (C=O) groups excluding carboxylic acids is 1. The number of rotatable bonds is 3. The van der Waals surface area contributed by atoms with Gasteiger partial charge in [0.1, 0.15) is 0 Å². The van der Waals surface area contributed by atoms with Crippen LogP contribution in [0.1, 0.15) is 36.0 Å². The number of benzene rings is 1. The fourth-order valence-corrected chi connectivity index (χ4v) is 4.10. The van der Waals surface area contributed by atoms with E-state index in [4.69, 9.17) is 0 Å². The summed E-state index contributed by atoms with van der Waals surface area (Å²) < 4.78 is 0. The van der Waals surface area contributed by atoms with Crippen molar-refractivity contribution in [1.29, 1.82) is 0 Å². The number of thioether (sulfide) groups is 1. The van der Waals surface area contributed by atoms with Crippen LogP contribution in [0.4, 0.5) is 0 Å². The van der Waals surface area contributed by atoms with E-state index in [1.807, 2.05) is 30.5 Å². The maximum Gasteiger partial charge on any atom is 0.252 e. The summed E-state index contributed by atoms with van der Waals surface area (Å²) in [6, 6.07) is 8.29. The zero-order valence-corrected chi connectivity index (χ0v) is 11.5. The van der Waals surface area contributed by atoms with Gasteiger partial charge in [-0.1, -0.05) is 18.6 Å². The first kappa shape index (κ1) is 12.1. The Hall–Kier alpha value is -0.960. The normalized spacial score (nSPS) is 29.5. The van der Waals surface area contributed by atoms with Crippen LogP contribution in [-0.2, 0) is 0 Å². The second kappa shape index (κ2) is 4.96. The van der Waals surface area contributed by atoms with Crippen molar-refractivity contribution in [2.45, 2.75) is 36.6 Å². The third-order valence-electron chi connectivity index (χ3n) is 4.41. The van der Waals surface area contributed by atoms with Crippen LogP contribution >= 0.6 is 11.8 Å². The Bertz CT molecular complexity index is 460. The lowest BCUT2D eigenvalue weighted by Crippen LogP contribution is -2.38. The van der Waals surface area contributed by atoms with Gasteiger partial charge in [-0.05, 0) is 49.5 Å². The van der Waals surface area contributed by atoms with Crippen LogP contribution in [0, 0.1) is 11.8 Å². The van der Waals surface area contributed by atoms with Gasteiger partial charge in [-0.25, -0.2) is 0 Å². The van der Waals surface area contributed by atoms with Gasteiger partial charge in [-0.15, -0.1) is 11.8 Å². The molecule has 0 spiro atoms. The van der Waals surface area contributed by atoms with E-state index in [2.05, 4.69) is 5.32 Å². The zero-order chi connectivity index (χ0) is 12.5. The van der Waals surface area contributed by atoms with E-state index < -0.39 is 0 Å². The predicted octanol–water partition coefficient (Wildman–Crippen LogP) is 3.33. The summed E-state index contributed by atoms with van der Waals surface area (Å²) in [6.45, 7) is 0. The number of hydrogen-bond donors (Lipinski definition) is 1. The Morgan fingerprint density at radius 1 is 1.28 bits per heavy atom. The molecule has 2 nitrogen and oxygen atoms in total. The molecule has 3 heteroatoms. The van der Waals surface area contributed by atoms with E-state index in [1.165, 1.54) is 25.7 Å². The van der Waals surface area contributed by atoms with Gasteiger partial charge in [0.15, 0.2) is 0 Å². The Morgan fingerprint density at radius 3 is 2.78 bits per heavy atom. The van der Waals surface area contributed by atoms with Gasteiger partial charge < -0.3 is 5.32 Å². The lowest BCUT2D eigenvalue weighted by Gasteiger charge is -2.23. The first-order chi connectivity index (χ1) is 8.78. The van der Waals surface area contributed by atoms with Gasteiger partial charge in [-0.3, -0.25) is 4.79 Å². The van der Waals surface area contributed by atoms with Crippen LogP contribution in [-0.4, -0.2) is 18.2 Å². The van der Waals surface area contributed by atoms with Crippen LogP contribution < -0.4 is 5.32 Å². The minimum Gasteiger partial charge on any atom is -0.349 e. The quantitative estimate of drug-likeness (QED) is 0.846. The molecule has 1 aromatic rings. The molecule has 0 heterocycles. The highest BCUT2D eigenvalue weighted by Crippen LogP contribution is 2.44. The first-order valence-electron chi connectivity index (χ1n) is 6.72. The van der Waals surface area contributed by atoms with Crippen molar-refractivity contribution in [1.82, 2.24) is 5.32 Å². The molecule has 2 saturated carbocycles. The first-order valence-corrected chi connectivity index (χ1v) is 7.94. The van der Waals surface area contributed by atoms with Crippen molar-refractivity contribution in [3.05, 3.63) is 29.8 Å². The maximum atomic E-state index is 12.3. The van der Waals surface area contributed by atoms with Crippen LogP contribution in [0.25, 0.3) is 0 Å². The number of amides is 1. The third-order valence-corrected chi connectivity index (χ3v) is 5.20. The van der Waals surface area contributed by atoms with Gasteiger partial charge in [0, 0.05) is 10.9 Å². The zero-order valence-electron chi connectivity index (χ0n) is 10.7. The lowest BCUT2D eigenvalue weighted by atomic mass is 9.95. The molecule has 3 rings (SSSR count). The topological polar surface area (TPSA) is 29.1 Å². The smallest absolute Gasteiger partial charge is 0.252 e. The minimum absolute atomic E-state index is 0.109. The van der Waals surface area contributed by atoms with Crippen molar-refractivity contribution in [2.24, 2.45) is 11.8 Å². The highest BCUT2D eigenvalue weighted by atomic mass is 32.2. The van der Waals surface area contributed by atoms with Crippen molar-refractivity contribution >= 4 is 17.7 Å². The molecular formula is C15H19NOS. The van der Waals surface area contributed by atoms with Crippen molar-refractivity contribution in [2.75, 3.05) is 6.26 Å². The van der Waals surface area contributed by atoms with Crippen molar-refractivity contribution in [3.63, 3.8) is 0 Å². The summed E-state index contributed by atoms with van der Waals surface area (Å²) in [7, 11) is 0. The molecule has 0 saturated heterocycles. The Morgan fingerprint density at radius 2 is 2.11 bits per heavy atom. The van der Waals surface area contributed by atoms with Crippen molar-refractivity contribution < 1.29 is 4.79 Å². The molecule has 2 fully saturated rings. The second-order valence-corrected chi connectivity index (χ2v) is 6.30. The molecule has 0 unspecified atom stereocenters. The van der Waals surface area contributed by atoms with Gasteiger partial charge >= 0.3 is 0 Å². The van der Waals surface area contributed by atoms with E-state index in [-0.39, 0.29) is 5.91 Å². The van der Waals surface area contributed by atoms with Crippen LogP contribution in [0.5, 0.6) is 0 Å². The summed E-state index contributed by atoms with van der Waals surface area (Å²) >= 11 is 1.64. The summed E-state index contributed by atoms with van der Waals surface area (Å²) in [6.07, 6.45) is 7.22. The summed E-state index contributed by atoms with van der Waals surface area (Å²) in [4.78, 5) is 13.4. The van der Waals surface area contributed by atoms with Crippen LogP contribution in [0.2, 0.25) is 0 Å². The molecular weight excluding hydrogens is 242 g/mol. The van der Waals surface area contributed by atoms with E-state index in [9.17, 15) is 4.79 Å². The highest BCUT2D eigenvalue weighted by molar-refractivity contribution is 7.98. The molecule has 3 atom stereocenters. The number of hydrogen-bond acceptors (Lipinski definition) is 2. The Labute approximate surface area is 113 Å². The van der Waals surface area contributed by atoms with Gasteiger partial charge in [-0.2, -0.15) is 0 Å². The standard InChI is InChI=1S/C15H19NOS/c1-18-14-5-3-2-4-12(14)15(17)16-13-9-10-6-7-11(13)8-10/h2-5,10-11,13H,6-9H2,1H3,(H,16,17)/t10-,11-,13+/m0/s1. The molecule has 2 bridgehead atoms. The third kappa shape index (κ3) is 2.16. The largest absolute Gasteiger partial charge is 0.349 e. The van der Waals surface area contributed by atoms with E-state index in [1.54, 1.807) is 11.8 Å². The second-order valence-electron chi connectivity index (χ2n) is 5.46. The number of nitrogens with one attached hydrogen (secondary N) is 1. The van der Waals surface area contributed by atoms with E-state index in [0.29, 0.717) is 6.04 Å². The average molecular weight is 261 g/mol. The SMILES string of the molecule is CSc1ccccc1C(=O)N[C@@H]1C[C@H]2CC[C@H]1C2. The summed E-state index contributed by atoms with van der Waals surface area (Å²) in [5.41, 5.74) is 0.827. The molecule has 1 N–H and O–H groups in total. The Kier molecular flexibility index (Phi) is 3.33. The number of fused-ring (bicyclic) bond motifs is 2. The van der Waals surface area contributed by atoms with Crippen molar-refractivity contribution in [3.8, 4) is 0 Å². The molecule has 2 aliphatic rings. The summed E-state index contributed by atoms with van der Waals surface area (Å²) in [5, 5.41) is 3.25. The highest BCUT2D eigenvalue weighted by Gasteiger charge is 2.40. The molecule has 0 aromatic heterocycles. The number of carbonyl (C=O) groups is 1. The molecule has 18 heavy (non-hydrogen) atoms. The lowest BCUT2D eigenvalue weighted by molar-refractivity contribution is 0.0920. The summed E-state index contributed by atoms with van der Waals surface area (Å²) in [5.74, 6) is 1.72. The molecule has 96 valence electrons. The molecule has 1 aromatic carbocycles. The van der Waals surface area contributed by atoms with E-state index in [0.717, 1.165) is 22.3 Å². The molecule has 0 radical (unpaired) electrons. The predicted molar refractivity (Wildman–Crippen MR) is 74.9 cm³/mol. The van der Waals surface area contributed by atoms with Crippen LogP contribution in [0.15, 0.2) is 29.2 Å². The molecule has 1 amide bonds. The van der Waals surface area contributed by atoms with Gasteiger partial charge in [0.05, 0.1) is 5.56 Å². The van der Waals surface area contributed by atoms with E-state index >= 15 is 0 Å². The monoisotopic (exact) mass is 261 g/mol. The van der Waals surface area contributed by atoms with Crippen LogP contribution in [0.3, 0.4) is 0 Å². The van der Waals surface area contributed by atoms with Gasteiger partial charge in [0.2, 0.25) is 0 Å².